The summed E-state index contributed by atoms with van der Waals surface area (Å²) in [5, 5.41) is 0. The van der Waals surface area contributed by atoms with E-state index in [1.807, 2.05) is 0 Å². The molecule has 4 heteroatoms. The second kappa shape index (κ2) is 5.50. The Kier molecular flexibility index (Phi) is 4.59. The number of carbonyl (C=O) groups excluding carboxylic acids is 1. The van der Waals surface area contributed by atoms with Crippen LogP contribution in [0.4, 0.5) is 0 Å². The highest BCUT2D eigenvalue weighted by Gasteiger charge is 2.20. The van der Waals surface area contributed by atoms with Crippen molar-refractivity contribution in [2.75, 3.05) is 5.75 Å². The zero-order valence-corrected chi connectivity index (χ0v) is 8.63. The zero-order valence-electron chi connectivity index (χ0n) is 7.74. The molecule has 2 N–H and O–H groups in total. The SMILES string of the molecule is N[C@H](CS)C(=O)OC1CCCCC1. The van der Waals surface area contributed by atoms with Crippen molar-refractivity contribution in [2.45, 2.75) is 44.2 Å². The highest BCUT2D eigenvalue weighted by Crippen LogP contribution is 2.20. The molecule has 13 heavy (non-hydrogen) atoms. The minimum Gasteiger partial charge on any atom is -0.461 e. The third-order valence-electron chi connectivity index (χ3n) is 2.33. The average molecular weight is 203 g/mol. The second-order valence-corrected chi connectivity index (χ2v) is 3.85. The number of carbonyl (C=O) groups is 1. The number of esters is 1. The van der Waals surface area contributed by atoms with Gasteiger partial charge in [-0.2, -0.15) is 12.6 Å². The number of thiol groups is 1. The van der Waals surface area contributed by atoms with Crippen molar-refractivity contribution >= 4 is 18.6 Å². The predicted molar refractivity (Wildman–Crippen MR) is 54.8 cm³/mol. The van der Waals surface area contributed by atoms with Crippen molar-refractivity contribution in [2.24, 2.45) is 5.73 Å². The van der Waals surface area contributed by atoms with E-state index in [1.165, 1.54) is 6.42 Å². The lowest BCUT2D eigenvalue weighted by Crippen LogP contribution is -2.36. The maximum Gasteiger partial charge on any atom is 0.324 e. The number of hydrogen-bond donors (Lipinski definition) is 2. The van der Waals surface area contributed by atoms with Crippen molar-refractivity contribution in [3.05, 3.63) is 0 Å². The van der Waals surface area contributed by atoms with Crippen LogP contribution >= 0.6 is 12.6 Å². The zero-order chi connectivity index (χ0) is 9.68. The van der Waals surface area contributed by atoms with Gasteiger partial charge in [-0.1, -0.05) is 6.42 Å². The van der Waals surface area contributed by atoms with Crippen LogP contribution in [0, 0.1) is 0 Å². The highest BCUT2D eigenvalue weighted by atomic mass is 32.1. The fourth-order valence-electron chi connectivity index (χ4n) is 1.51. The Morgan fingerprint density at radius 1 is 1.46 bits per heavy atom. The fourth-order valence-corrected chi connectivity index (χ4v) is 1.66. The molecule has 0 saturated heterocycles. The number of rotatable bonds is 3. The molecular formula is C9H17NO2S. The monoisotopic (exact) mass is 203 g/mol. The van der Waals surface area contributed by atoms with Gasteiger partial charge in [-0.15, -0.1) is 0 Å². The highest BCUT2D eigenvalue weighted by molar-refractivity contribution is 7.80. The first-order valence-electron chi connectivity index (χ1n) is 4.81. The van der Waals surface area contributed by atoms with Gasteiger partial charge in [-0.25, -0.2) is 0 Å². The van der Waals surface area contributed by atoms with Crippen LogP contribution in [0.1, 0.15) is 32.1 Å². The minimum absolute atomic E-state index is 0.104. The molecule has 1 aliphatic rings. The first-order chi connectivity index (χ1) is 6.24. The third kappa shape index (κ3) is 3.56. The van der Waals surface area contributed by atoms with Crippen molar-refractivity contribution in [3.8, 4) is 0 Å². The molecule has 0 aromatic carbocycles. The smallest absolute Gasteiger partial charge is 0.324 e. The summed E-state index contributed by atoms with van der Waals surface area (Å²) in [6.07, 6.45) is 5.66. The molecule has 1 rings (SSSR count). The maximum absolute atomic E-state index is 11.2. The summed E-state index contributed by atoms with van der Waals surface area (Å²) in [6, 6.07) is -0.565. The van der Waals surface area contributed by atoms with Gasteiger partial charge in [0.15, 0.2) is 0 Å². The van der Waals surface area contributed by atoms with Gasteiger partial charge in [0.1, 0.15) is 12.1 Å². The van der Waals surface area contributed by atoms with E-state index >= 15 is 0 Å². The van der Waals surface area contributed by atoms with Gasteiger partial charge >= 0.3 is 5.97 Å². The summed E-state index contributed by atoms with van der Waals surface area (Å²) >= 11 is 3.95. The summed E-state index contributed by atoms with van der Waals surface area (Å²) in [7, 11) is 0. The molecule has 1 fully saturated rings. The summed E-state index contributed by atoms with van der Waals surface area (Å²) in [5.41, 5.74) is 5.48. The van der Waals surface area contributed by atoms with Crippen molar-refractivity contribution in [3.63, 3.8) is 0 Å². The van der Waals surface area contributed by atoms with E-state index in [-0.39, 0.29) is 12.1 Å². The van der Waals surface area contributed by atoms with E-state index < -0.39 is 6.04 Å². The van der Waals surface area contributed by atoms with Crippen molar-refractivity contribution in [1.82, 2.24) is 0 Å². The van der Waals surface area contributed by atoms with Crippen LogP contribution in [-0.2, 0) is 9.53 Å². The molecule has 0 radical (unpaired) electrons. The number of nitrogens with two attached hydrogens (primary N) is 1. The van der Waals surface area contributed by atoms with Crippen molar-refractivity contribution in [1.29, 1.82) is 0 Å². The fraction of sp³-hybridized carbons (Fsp3) is 0.889. The molecule has 76 valence electrons. The van der Waals surface area contributed by atoms with Crippen LogP contribution in [0.5, 0.6) is 0 Å². The quantitative estimate of drug-likeness (QED) is 0.534. The number of hydrogen-bond acceptors (Lipinski definition) is 4. The van der Waals surface area contributed by atoms with Crippen LogP contribution in [-0.4, -0.2) is 23.9 Å². The molecule has 1 aliphatic carbocycles. The first-order valence-corrected chi connectivity index (χ1v) is 5.44. The van der Waals surface area contributed by atoms with E-state index in [4.69, 9.17) is 10.5 Å². The lowest BCUT2D eigenvalue weighted by molar-refractivity contribution is -0.151. The molecule has 0 amide bonds. The predicted octanol–water partition coefficient (Wildman–Crippen LogP) is 1.12. The first kappa shape index (κ1) is 10.9. The van der Waals surface area contributed by atoms with Crippen LogP contribution in [0.2, 0.25) is 0 Å². The molecule has 0 aliphatic heterocycles. The van der Waals surface area contributed by atoms with Gasteiger partial charge in [-0.05, 0) is 25.7 Å². The molecule has 0 bridgehead atoms. The summed E-state index contributed by atoms with van der Waals surface area (Å²) in [4.78, 5) is 11.2. The number of ether oxygens (including phenoxy) is 1. The lowest BCUT2D eigenvalue weighted by atomic mass is 9.98. The van der Waals surface area contributed by atoms with E-state index in [1.54, 1.807) is 0 Å². The summed E-state index contributed by atoms with van der Waals surface area (Å²) in [5.74, 6) is 0.0489. The normalized spacial score (nSPS) is 21.1. The molecule has 1 saturated carbocycles. The van der Waals surface area contributed by atoms with E-state index in [2.05, 4.69) is 12.6 Å². The molecule has 0 spiro atoms. The Morgan fingerprint density at radius 3 is 2.62 bits per heavy atom. The third-order valence-corrected chi connectivity index (χ3v) is 2.73. The van der Waals surface area contributed by atoms with E-state index in [0.29, 0.717) is 5.75 Å². The summed E-state index contributed by atoms with van der Waals surface area (Å²) < 4.78 is 5.23. The van der Waals surface area contributed by atoms with E-state index in [0.717, 1.165) is 25.7 Å². The van der Waals surface area contributed by atoms with Crippen molar-refractivity contribution < 1.29 is 9.53 Å². The molecular weight excluding hydrogens is 186 g/mol. The molecule has 0 aromatic rings. The molecule has 3 nitrogen and oxygen atoms in total. The van der Waals surface area contributed by atoms with Gasteiger partial charge in [0.2, 0.25) is 0 Å². The van der Waals surface area contributed by atoms with E-state index in [9.17, 15) is 4.79 Å². The second-order valence-electron chi connectivity index (χ2n) is 3.49. The van der Waals surface area contributed by atoms with Crippen LogP contribution in [0.25, 0.3) is 0 Å². The average Bonchev–Trinajstić information content (AvgIpc) is 2.18. The van der Waals surface area contributed by atoms with Gasteiger partial charge in [0.05, 0.1) is 0 Å². The largest absolute Gasteiger partial charge is 0.461 e. The molecule has 0 heterocycles. The van der Waals surface area contributed by atoms with Gasteiger partial charge < -0.3 is 10.5 Å². The van der Waals surface area contributed by atoms with Crippen LogP contribution in [0.3, 0.4) is 0 Å². The standard InChI is InChI=1S/C9H17NO2S/c10-8(6-13)9(11)12-7-4-2-1-3-5-7/h7-8,13H,1-6,10H2/t8-/m1/s1. The lowest BCUT2D eigenvalue weighted by Gasteiger charge is -2.22. The Balaban J connectivity index is 2.26. The maximum atomic E-state index is 11.2. The summed E-state index contributed by atoms with van der Waals surface area (Å²) in [6.45, 7) is 0. The Bertz CT molecular complexity index is 169. The molecule has 0 unspecified atom stereocenters. The van der Waals surface area contributed by atoms with Crippen LogP contribution in [0.15, 0.2) is 0 Å². The molecule has 0 aromatic heterocycles. The topological polar surface area (TPSA) is 52.3 Å². The Labute approximate surface area is 84.4 Å². The van der Waals surface area contributed by atoms with Gasteiger partial charge in [0.25, 0.3) is 0 Å². The van der Waals surface area contributed by atoms with Gasteiger partial charge in [-0.3, -0.25) is 4.79 Å². The molecule has 1 atom stereocenters. The van der Waals surface area contributed by atoms with Gasteiger partial charge in [0, 0.05) is 5.75 Å². The Morgan fingerprint density at radius 2 is 2.08 bits per heavy atom. The van der Waals surface area contributed by atoms with Crippen LogP contribution < -0.4 is 5.73 Å². The minimum atomic E-state index is -0.565. The Hall–Kier alpha value is -0.220.